The molecule has 0 aromatic heterocycles. The summed E-state index contributed by atoms with van der Waals surface area (Å²) in [6.07, 6.45) is 3.74. The Bertz CT molecular complexity index is 840. The van der Waals surface area contributed by atoms with Gasteiger partial charge < -0.3 is 9.64 Å². The van der Waals surface area contributed by atoms with Gasteiger partial charge in [-0.3, -0.25) is 4.79 Å². The molecule has 2 aliphatic heterocycles. The highest BCUT2D eigenvalue weighted by Crippen LogP contribution is 2.25. The molecule has 1 aromatic carbocycles. The Morgan fingerprint density at radius 3 is 2.25 bits per heavy atom. The molecule has 1 aromatic rings. The molecule has 0 saturated carbocycles. The average Bonchev–Trinajstić information content (AvgIpc) is 3.23. The molecule has 0 N–H and O–H groups in total. The van der Waals surface area contributed by atoms with Crippen LogP contribution in [0.15, 0.2) is 23.1 Å². The zero-order valence-electron chi connectivity index (χ0n) is 16.5. The quantitative estimate of drug-likeness (QED) is 0.698. The van der Waals surface area contributed by atoms with Crippen molar-refractivity contribution in [1.29, 1.82) is 0 Å². The number of rotatable bonds is 5. The fourth-order valence-corrected chi connectivity index (χ4v) is 5.49. The molecule has 3 rings (SSSR count). The third kappa shape index (κ3) is 4.38. The van der Waals surface area contributed by atoms with Gasteiger partial charge in [0.1, 0.15) is 0 Å². The summed E-state index contributed by atoms with van der Waals surface area (Å²) in [4.78, 5) is 26.7. The number of carbonyl (C=O) groups excluding carboxylic acids is 2. The van der Waals surface area contributed by atoms with Gasteiger partial charge in [-0.05, 0) is 57.2 Å². The zero-order valence-corrected chi connectivity index (χ0v) is 17.3. The molecule has 7 nitrogen and oxygen atoms in total. The number of benzene rings is 1. The van der Waals surface area contributed by atoms with Crippen LogP contribution in [0.25, 0.3) is 0 Å². The molecule has 28 heavy (non-hydrogen) atoms. The van der Waals surface area contributed by atoms with Gasteiger partial charge in [-0.15, -0.1) is 0 Å². The molecule has 1 atom stereocenters. The average molecular weight is 409 g/mol. The van der Waals surface area contributed by atoms with Crippen LogP contribution in [0, 0.1) is 6.92 Å². The number of ether oxygens (including phenoxy) is 1. The highest BCUT2D eigenvalue weighted by molar-refractivity contribution is 7.89. The summed E-state index contributed by atoms with van der Waals surface area (Å²) in [6, 6.07) is 4.52. The minimum absolute atomic E-state index is 0.127. The molecule has 8 heteroatoms. The van der Waals surface area contributed by atoms with Crippen LogP contribution in [-0.2, 0) is 19.6 Å². The standard InChI is InChI=1S/C20H28N2O5S/c1-15-8-9-17(14-18(15)28(25,26)22-12-4-3-5-13-22)20(24)27-16(2)19(23)21-10-6-7-11-21/h8-9,14,16H,3-7,10-13H2,1-2H3/t16-/m0/s1. The van der Waals surface area contributed by atoms with Crippen LogP contribution < -0.4 is 0 Å². The van der Waals surface area contributed by atoms with E-state index in [1.54, 1.807) is 30.9 Å². The summed E-state index contributed by atoms with van der Waals surface area (Å²) in [5.74, 6) is -0.894. The van der Waals surface area contributed by atoms with E-state index in [-0.39, 0.29) is 16.4 Å². The number of hydrogen-bond acceptors (Lipinski definition) is 5. The van der Waals surface area contributed by atoms with Gasteiger partial charge in [-0.1, -0.05) is 12.5 Å². The Kier molecular flexibility index (Phi) is 6.40. The van der Waals surface area contributed by atoms with Gasteiger partial charge in [0.2, 0.25) is 10.0 Å². The van der Waals surface area contributed by atoms with E-state index in [9.17, 15) is 18.0 Å². The maximum Gasteiger partial charge on any atom is 0.338 e. The number of esters is 1. The lowest BCUT2D eigenvalue weighted by atomic mass is 10.1. The van der Waals surface area contributed by atoms with Crippen molar-refractivity contribution in [2.24, 2.45) is 0 Å². The molecule has 0 unspecified atom stereocenters. The maximum absolute atomic E-state index is 13.0. The van der Waals surface area contributed by atoms with Crippen molar-refractivity contribution in [3.05, 3.63) is 29.3 Å². The Morgan fingerprint density at radius 1 is 1.00 bits per heavy atom. The smallest absolute Gasteiger partial charge is 0.338 e. The first-order valence-electron chi connectivity index (χ1n) is 9.91. The van der Waals surface area contributed by atoms with Crippen molar-refractivity contribution < 1.29 is 22.7 Å². The second kappa shape index (κ2) is 8.61. The predicted molar refractivity (Wildman–Crippen MR) is 104 cm³/mol. The molecule has 0 aliphatic carbocycles. The molecule has 2 fully saturated rings. The molecule has 1 amide bonds. The van der Waals surface area contributed by atoms with Gasteiger partial charge in [0.15, 0.2) is 6.10 Å². The van der Waals surface area contributed by atoms with Crippen LogP contribution in [0.4, 0.5) is 0 Å². The van der Waals surface area contributed by atoms with Gasteiger partial charge in [0.25, 0.3) is 5.91 Å². The van der Waals surface area contributed by atoms with Crippen molar-refractivity contribution in [2.45, 2.75) is 57.0 Å². The van der Waals surface area contributed by atoms with Gasteiger partial charge in [0, 0.05) is 26.2 Å². The summed E-state index contributed by atoms with van der Waals surface area (Å²) in [7, 11) is -3.66. The summed E-state index contributed by atoms with van der Waals surface area (Å²) in [5.41, 5.74) is 0.727. The van der Waals surface area contributed by atoms with E-state index < -0.39 is 22.1 Å². The second-order valence-electron chi connectivity index (χ2n) is 7.52. The van der Waals surface area contributed by atoms with Crippen molar-refractivity contribution in [3.63, 3.8) is 0 Å². The Balaban J connectivity index is 1.76. The van der Waals surface area contributed by atoms with Crippen molar-refractivity contribution in [3.8, 4) is 0 Å². The topological polar surface area (TPSA) is 84.0 Å². The molecular formula is C20H28N2O5S. The minimum Gasteiger partial charge on any atom is -0.449 e. The van der Waals surface area contributed by atoms with Crippen molar-refractivity contribution in [2.75, 3.05) is 26.2 Å². The number of likely N-dealkylation sites (tertiary alicyclic amines) is 1. The minimum atomic E-state index is -3.66. The molecule has 0 bridgehead atoms. The van der Waals surface area contributed by atoms with Crippen LogP contribution in [0.2, 0.25) is 0 Å². The summed E-state index contributed by atoms with van der Waals surface area (Å²) < 4.78 is 32.8. The molecular weight excluding hydrogens is 380 g/mol. The van der Waals surface area contributed by atoms with E-state index >= 15 is 0 Å². The predicted octanol–water partition coefficient (Wildman–Crippen LogP) is 2.34. The van der Waals surface area contributed by atoms with E-state index in [1.807, 2.05) is 0 Å². The van der Waals surface area contributed by atoms with Crippen LogP contribution in [0.1, 0.15) is 54.9 Å². The fourth-order valence-electron chi connectivity index (χ4n) is 3.72. The Labute approximate surface area is 166 Å². The third-order valence-electron chi connectivity index (χ3n) is 5.41. The van der Waals surface area contributed by atoms with Crippen LogP contribution in [-0.4, -0.2) is 61.8 Å². The number of sulfonamides is 1. The molecule has 2 heterocycles. The number of carbonyl (C=O) groups is 2. The normalized spacial score (nSPS) is 19.4. The zero-order chi connectivity index (χ0) is 20.3. The highest BCUT2D eigenvalue weighted by atomic mass is 32.2. The lowest BCUT2D eigenvalue weighted by molar-refractivity contribution is -0.138. The summed E-state index contributed by atoms with van der Waals surface area (Å²) >= 11 is 0. The Hall–Kier alpha value is -1.93. The van der Waals surface area contributed by atoms with E-state index in [1.165, 1.54) is 10.4 Å². The highest BCUT2D eigenvalue weighted by Gasteiger charge is 2.30. The lowest BCUT2D eigenvalue weighted by Crippen LogP contribution is -2.38. The van der Waals surface area contributed by atoms with E-state index in [2.05, 4.69) is 0 Å². The first-order valence-corrected chi connectivity index (χ1v) is 11.4. The van der Waals surface area contributed by atoms with Crippen LogP contribution in [0.3, 0.4) is 0 Å². The van der Waals surface area contributed by atoms with Crippen molar-refractivity contribution >= 4 is 21.9 Å². The Morgan fingerprint density at radius 2 is 1.61 bits per heavy atom. The maximum atomic E-state index is 13.0. The number of amides is 1. The number of aryl methyl sites for hydroxylation is 1. The van der Waals surface area contributed by atoms with Gasteiger partial charge >= 0.3 is 5.97 Å². The third-order valence-corrected chi connectivity index (χ3v) is 7.45. The first-order chi connectivity index (χ1) is 13.3. The molecule has 154 valence electrons. The van der Waals surface area contributed by atoms with Crippen LogP contribution in [0.5, 0.6) is 0 Å². The first kappa shape index (κ1) is 20.8. The summed E-state index contributed by atoms with van der Waals surface area (Å²) in [6.45, 7) is 5.63. The SMILES string of the molecule is Cc1ccc(C(=O)O[C@@H](C)C(=O)N2CCCC2)cc1S(=O)(=O)N1CCCCC1. The molecule has 2 aliphatic rings. The molecule has 0 radical (unpaired) electrons. The van der Waals surface area contributed by atoms with Gasteiger partial charge in [-0.2, -0.15) is 4.31 Å². The van der Waals surface area contributed by atoms with Gasteiger partial charge in [0.05, 0.1) is 10.5 Å². The molecule has 0 spiro atoms. The fraction of sp³-hybridized carbons (Fsp3) is 0.600. The van der Waals surface area contributed by atoms with E-state index in [0.717, 1.165) is 32.1 Å². The van der Waals surface area contributed by atoms with Crippen LogP contribution >= 0.6 is 0 Å². The van der Waals surface area contributed by atoms with Crippen molar-refractivity contribution in [1.82, 2.24) is 9.21 Å². The van der Waals surface area contributed by atoms with E-state index in [0.29, 0.717) is 31.7 Å². The van der Waals surface area contributed by atoms with E-state index in [4.69, 9.17) is 4.74 Å². The lowest BCUT2D eigenvalue weighted by Gasteiger charge is -2.26. The monoisotopic (exact) mass is 408 g/mol. The van der Waals surface area contributed by atoms with Gasteiger partial charge in [-0.25, -0.2) is 13.2 Å². The second-order valence-corrected chi connectivity index (χ2v) is 9.43. The number of nitrogens with zero attached hydrogens (tertiary/aromatic N) is 2. The largest absolute Gasteiger partial charge is 0.449 e. The summed E-state index contributed by atoms with van der Waals surface area (Å²) in [5, 5.41) is 0. The number of piperidine rings is 1. The molecule has 2 saturated heterocycles. The number of hydrogen-bond donors (Lipinski definition) is 0.